The summed E-state index contributed by atoms with van der Waals surface area (Å²) in [6.07, 6.45) is 0.909. The summed E-state index contributed by atoms with van der Waals surface area (Å²) >= 11 is 11.9. The van der Waals surface area contributed by atoms with Crippen LogP contribution in [0.2, 0.25) is 10.0 Å². The molecule has 1 aromatic carbocycles. The van der Waals surface area contributed by atoms with Crippen molar-refractivity contribution in [2.45, 2.75) is 6.42 Å². The lowest BCUT2D eigenvalue weighted by Crippen LogP contribution is -2.08. The molecule has 0 aromatic heterocycles. The summed E-state index contributed by atoms with van der Waals surface area (Å²) in [6.45, 7) is 2.77. The van der Waals surface area contributed by atoms with Crippen molar-refractivity contribution < 1.29 is 9.47 Å². The second-order valence-corrected chi connectivity index (χ2v) is 4.27. The van der Waals surface area contributed by atoms with E-state index in [1.165, 1.54) is 0 Å². The van der Waals surface area contributed by atoms with Crippen LogP contribution < -0.4 is 5.32 Å². The standard InChI is InChI=1S/C12H17Cl2NO2/c1-16-8-9-17-7-3-6-15-11-5-2-4-10(13)12(11)14/h2,4-5,15H,3,6-9H2,1H3. The second-order valence-electron chi connectivity index (χ2n) is 3.49. The highest BCUT2D eigenvalue weighted by Crippen LogP contribution is 2.29. The zero-order chi connectivity index (χ0) is 12.5. The Bertz CT molecular complexity index is 334. The van der Waals surface area contributed by atoms with Gasteiger partial charge in [0, 0.05) is 20.3 Å². The van der Waals surface area contributed by atoms with Gasteiger partial charge in [0.1, 0.15) is 0 Å². The summed E-state index contributed by atoms with van der Waals surface area (Å²) < 4.78 is 10.2. The van der Waals surface area contributed by atoms with E-state index in [0.29, 0.717) is 29.9 Å². The van der Waals surface area contributed by atoms with E-state index in [4.69, 9.17) is 32.7 Å². The molecule has 96 valence electrons. The van der Waals surface area contributed by atoms with Gasteiger partial charge in [0.05, 0.1) is 28.9 Å². The first-order valence-electron chi connectivity index (χ1n) is 5.50. The van der Waals surface area contributed by atoms with E-state index in [2.05, 4.69) is 5.32 Å². The highest BCUT2D eigenvalue weighted by Gasteiger charge is 2.02. The van der Waals surface area contributed by atoms with Crippen LogP contribution in [0.5, 0.6) is 0 Å². The van der Waals surface area contributed by atoms with Gasteiger partial charge in [0.15, 0.2) is 0 Å². The molecule has 0 heterocycles. The van der Waals surface area contributed by atoms with Crippen LogP contribution in [0, 0.1) is 0 Å². The van der Waals surface area contributed by atoms with Crippen LogP contribution in [0.3, 0.4) is 0 Å². The summed E-state index contributed by atoms with van der Waals surface area (Å²) in [4.78, 5) is 0. The Morgan fingerprint density at radius 2 is 2.00 bits per heavy atom. The number of hydrogen-bond acceptors (Lipinski definition) is 3. The molecular formula is C12H17Cl2NO2. The molecule has 1 N–H and O–H groups in total. The topological polar surface area (TPSA) is 30.5 Å². The van der Waals surface area contributed by atoms with Crippen molar-refractivity contribution in [1.29, 1.82) is 0 Å². The average molecular weight is 278 g/mol. The van der Waals surface area contributed by atoms with Gasteiger partial charge in [-0.2, -0.15) is 0 Å². The Morgan fingerprint density at radius 3 is 2.76 bits per heavy atom. The smallest absolute Gasteiger partial charge is 0.0823 e. The maximum atomic E-state index is 6.03. The molecule has 0 amide bonds. The minimum Gasteiger partial charge on any atom is -0.384 e. The molecule has 0 radical (unpaired) electrons. The number of hydrogen-bond donors (Lipinski definition) is 1. The predicted molar refractivity (Wildman–Crippen MR) is 72.3 cm³/mol. The highest BCUT2D eigenvalue weighted by molar-refractivity contribution is 6.43. The van der Waals surface area contributed by atoms with Crippen LogP contribution in [0.4, 0.5) is 5.69 Å². The maximum Gasteiger partial charge on any atom is 0.0823 e. The molecule has 0 saturated carbocycles. The summed E-state index contributed by atoms with van der Waals surface area (Å²) in [6, 6.07) is 5.54. The summed E-state index contributed by atoms with van der Waals surface area (Å²) in [5, 5.41) is 4.34. The zero-order valence-electron chi connectivity index (χ0n) is 9.84. The molecule has 0 atom stereocenters. The fourth-order valence-corrected chi connectivity index (χ4v) is 1.65. The van der Waals surface area contributed by atoms with Gasteiger partial charge in [-0.25, -0.2) is 0 Å². The van der Waals surface area contributed by atoms with Crippen molar-refractivity contribution in [1.82, 2.24) is 0 Å². The molecule has 0 bridgehead atoms. The minimum atomic E-state index is 0.563. The van der Waals surface area contributed by atoms with E-state index in [1.54, 1.807) is 13.2 Å². The fraction of sp³-hybridized carbons (Fsp3) is 0.500. The van der Waals surface area contributed by atoms with Crippen LogP contribution >= 0.6 is 23.2 Å². The van der Waals surface area contributed by atoms with Crippen molar-refractivity contribution in [3.63, 3.8) is 0 Å². The van der Waals surface area contributed by atoms with Crippen LogP contribution in [-0.4, -0.2) is 33.5 Å². The van der Waals surface area contributed by atoms with Gasteiger partial charge in [0.25, 0.3) is 0 Å². The lowest BCUT2D eigenvalue weighted by molar-refractivity contribution is 0.0705. The van der Waals surface area contributed by atoms with Gasteiger partial charge < -0.3 is 14.8 Å². The molecule has 0 aliphatic rings. The molecule has 1 aromatic rings. The summed E-state index contributed by atoms with van der Waals surface area (Å²) in [5.41, 5.74) is 0.857. The lowest BCUT2D eigenvalue weighted by Gasteiger charge is -2.09. The number of methoxy groups -OCH3 is 1. The molecule has 0 spiro atoms. The van der Waals surface area contributed by atoms with E-state index < -0.39 is 0 Å². The van der Waals surface area contributed by atoms with Gasteiger partial charge in [-0.05, 0) is 18.6 Å². The zero-order valence-corrected chi connectivity index (χ0v) is 11.4. The second kappa shape index (κ2) is 8.59. The largest absolute Gasteiger partial charge is 0.384 e. The molecule has 1 rings (SSSR count). The third-order valence-corrected chi connectivity index (χ3v) is 2.98. The van der Waals surface area contributed by atoms with Crippen molar-refractivity contribution >= 4 is 28.9 Å². The van der Waals surface area contributed by atoms with Crippen LogP contribution in [0.15, 0.2) is 18.2 Å². The molecule has 0 fully saturated rings. The maximum absolute atomic E-state index is 6.03. The third-order valence-electron chi connectivity index (χ3n) is 2.16. The molecule has 0 saturated heterocycles. The summed E-state index contributed by atoms with van der Waals surface area (Å²) in [5.74, 6) is 0. The fourth-order valence-electron chi connectivity index (χ4n) is 1.28. The van der Waals surface area contributed by atoms with Crippen LogP contribution in [-0.2, 0) is 9.47 Å². The Labute approximate surface area is 112 Å². The number of ether oxygens (including phenoxy) is 2. The molecule has 0 aliphatic carbocycles. The first-order valence-corrected chi connectivity index (χ1v) is 6.26. The number of anilines is 1. The van der Waals surface area contributed by atoms with Gasteiger partial charge in [-0.15, -0.1) is 0 Å². The molecular weight excluding hydrogens is 261 g/mol. The quantitative estimate of drug-likeness (QED) is 0.739. The average Bonchev–Trinajstić information content (AvgIpc) is 2.33. The van der Waals surface area contributed by atoms with Crippen molar-refractivity contribution in [3.8, 4) is 0 Å². The van der Waals surface area contributed by atoms with Gasteiger partial charge in [-0.3, -0.25) is 0 Å². The van der Waals surface area contributed by atoms with Gasteiger partial charge in [-0.1, -0.05) is 29.3 Å². The first-order chi connectivity index (χ1) is 8.25. The molecule has 0 aliphatic heterocycles. The van der Waals surface area contributed by atoms with E-state index in [0.717, 1.165) is 18.7 Å². The number of benzene rings is 1. The number of halogens is 2. The van der Waals surface area contributed by atoms with E-state index in [1.807, 2.05) is 12.1 Å². The molecule has 5 heteroatoms. The first kappa shape index (κ1) is 14.6. The van der Waals surface area contributed by atoms with E-state index >= 15 is 0 Å². The normalized spacial score (nSPS) is 10.5. The minimum absolute atomic E-state index is 0.563. The van der Waals surface area contributed by atoms with Crippen molar-refractivity contribution in [2.24, 2.45) is 0 Å². The Balaban J connectivity index is 2.16. The Kier molecular flexibility index (Phi) is 7.37. The Morgan fingerprint density at radius 1 is 1.18 bits per heavy atom. The monoisotopic (exact) mass is 277 g/mol. The third kappa shape index (κ3) is 5.59. The van der Waals surface area contributed by atoms with Crippen molar-refractivity contribution in [2.75, 3.05) is 38.8 Å². The summed E-state index contributed by atoms with van der Waals surface area (Å²) in [7, 11) is 1.66. The predicted octanol–water partition coefficient (Wildman–Crippen LogP) is 3.46. The Hall–Kier alpha value is -0.480. The number of rotatable bonds is 8. The van der Waals surface area contributed by atoms with Gasteiger partial charge in [0.2, 0.25) is 0 Å². The molecule has 0 unspecified atom stereocenters. The highest BCUT2D eigenvalue weighted by atomic mass is 35.5. The van der Waals surface area contributed by atoms with E-state index in [9.17, 15) is 0 Å². The van der Waals surface area contributed by atoms with Crippen LogP contribution in [0.25, 0.3) is 0 Å². The van der Waals surface area contributed by atoms with E-state index in [-0.39, 0.29) is 0 Å². The SMILES string of the molecule is COCCOCCCNc1cccc(Cl)c1Cl. The molecule has 17 heavy (non-hydrogen) atoms. The molecule has 3 nitrogen and oxygen atoms in total. The van der Waals surface area contributed by atoms with Gasteiger partial charge >= 0.3 is 0 Å². The van der Waals surface area contributed by atoms with Crippen molar-refractivity contribution in [3.05, 3.63) is 28.2 Å². The van der Waals surface area contributed by atoms with Crippen LogP contribution in [0.1, 0.15) is 6.42 Å². The number of nitrogens with one attached hydrogen (secondary N) is 1. The lowest BCUT2D eigenvalue weighted by atomic mass is 10.3.